The zero-order valence-electron chi connectivity index (χ0n) is 55.4. The highest BCUT2D eigenvalue weighted by atomic mass is 35.5. The first-order chi connectivity index (χ1) is 46.1. The number of aryl methyl sites for hydroxylation is 2. The number of benzene rings is 4. The first-order valence-corrected chi connectivity index (χ1v) is 37.7. The Morgan fingerprint density at radius 1 is 0.562 bits per heavy atom. The zero-order chi connectivity index (χ0) is 67.4. The molecule has 508 valence electrons. The van der Waals surface area contributed by atoms with Gasteiger partial charge in [-0.15, -0.1) is 0 Å². The molecule has 4 bridgehead atoms. The van der Waals surface area contributed by atoms with Gasteiger partial charge in [0.15, 0.2) is 0 Å². The van der Waals surface area contributed by atoms with Gasteiger partial charge in [0.25, 0.3) is 11.8 Å². The number of halogens is 2. The van der Waals surface area contributed by atoms with E-state index in [-0.39, 0.29) is 57.5 Å². The fourth-order valence-corrected chi connectivity index (χ4v) is 19.7. The van der Waals surface area contributed by atoms with Crippen molar-refractivity contribution in [3.8, 4) is 11.5 Å². The minimum Gasteiger partial charge on any atom is -0.490 e. The van der Waals surface area contributed by atoms with Gasteiger partial charge in [-0.2, -0.15) is 0 Å². The summed E-state index contributed by atoms with van der Waals surface area (Å²) in [6, 6.07) is 22.9. The lowest BCUT2D eigenvalue weighted by Crippen LogP contribution is -2.52. The lowest BCUT2D eigenvalue weighted by Gasteiger charge is -2.50. The van der Waals surface area contributed by atoms with E-state index in [0.717, 1.165) is 97.0 Å². The second kappa shape index (κ2) is 27.1. The van der Waals surface area contributed by atoms with Crippen molar-refractivity contribution < 1.29 is 45.4 Å². The fraction of sp³-hybridized carbons (Fsp3) is 0.486. The molecule has 96 heavy (non-hydrogen) atoms. The number of aromatic nitrogens is 4. The Morgan fingerprint density at radius 2 is 0.990 bits per heavy atom. The van der Waals surface area contributed by atoms with Gasteiger partial charge in [-0.05, 0) is 197 Å². The Morgan fingerprint density at radius 3 is 1.36 bits per heavy atom. The quantitative estimate of drug-likeness (QED) is 0.157. The normalized spacial score (nSPS) is 32.1. The van der Waals surface area contributed by atoms with Crippen LogP contribution in [0.4, 0.5) is 11.4 Å². The Labute approximate surface area is 574 Å². The lowest BCUT2D eigenvalue weighted by molar-refractivity contribution is -0.0834. The molecule has 8 aliphatic rings. The number of sulfonamides is 2. The van der Waals surface area contributed by atoms with E-state index in [9.17, 15) is 26.4 Å². The average molecular weight is 1380 g/mol. The summed E-state index contributed by atoms with van der Waals surface area (Å²) < 4.78 is 84.8. The van der Waals surface area contributed by atoms with Crippen LogP contribution in [0.1, 0.15) is 146 Å². The van der Waals surface area contributed by atoms with Crippen LogP contribution in [0.2, 0.25) is 10.0 Å². The van der Waals surface area contributed by atoms with Crippen molar-refractivity contribution in [2.24, 2.45) is 35.5 Å². The van der Waals surface area contributed by atoms with Crippen LogP contribution in [0.3, 0.4) is 0 Å². The summed E-state index contributed by atoms with van der Waals surface area (Å²) in [4.78, 5) is 50.1. The Hall–Kier alpha value is -6.94. The van der Waals surface area contributed by atoms with Crippen molar-refractivity contribution >= 4 is 66.4 Å². The third kappa shape index (κ3) is 12.7. The summed E-state index contributed by atoms with van der Waals surface area (Å²) in [5.41, 5.74) is 6.33. The second-order valence-electron chi connectivity index (χ2n) is 28.2. The molecule has 2 amide bonds. The van der Waals surface area contributed by atoms with Crippen molar-refractivity contribution in [1.82, 2.24) is 29.4 Å². The van der Waals surface area contributed by atoms with Gasteiger partial charge in [0.1, 0.15) is 22.7 Å². The molecule has 2 N–H and O–H groups in total. The van der Waals surface area contributed by atoms with Crippen LogP contribution in [-0.2, 0) is 64.4 Å². The number of carbonyl (C=O) groups is 2. The van der Waals surface area contributed by atoms with Crippen LogP contribution < -0.4 is 28.7 Å². The third-order valence-corrected chi connectivity index (χ3v) is 27.1. The number of allylic oxidation sites excluding steroid dienone is 2. The van der Waals surface area contributed by atoms with Crippen LogP contribution in [-0.4, -0.2) is 113 Å². The maximum atomic E-state index is 13.5. The number of hydrogen-bond donors (Lipinski definition) is 2. The predicted molar refractivity (Wildman–Crippen MR) is 372 cm³/mol. The Kier molecular flexibility index (Phi) is 19.1. The van der Waals surface area contributed by atoms with Crippen LogP contribution in [0.15, 0.2) is 134 Å². The highest BCUT2D eigenvalue weighted by Crippen LogP contribution is 2.54. The molecule has 6 heterocycles. The number of amides is 2. The molecule has 2 fully saturated rings. The number of nitrogens with one attached hydrogen (secondary N) is 2. The molecule has 14 rings (SSSR count). The van der Waals surface area contributed by atoms with Crippen molar-refractivity contribution in [3.63, 3.8) is 0 Å². The molecule has 18 nitrogen and oxygen atoms in total. The van der Waals surface area contributed by atoms with Gasteiger partial charge in [0.2, 0.25) is 20.0 Å². The second-order valence-corrected chi connectivity index (χ2v) is 33.2. The average Bonchev–Trinajstić information content (AvgIpc) is 1.09. The summed E-state index contributed by atoms with van der Waals surface area (Å²) in [6.07, 6.45) is 29.1. The predicted octanol–water partition coefficient (Wildman–Crippen LogP) is 12.4. The minimum atomic E-state index is -3.97. The van der Waals surface area contributed by atoms with Crippen LogP contribution in [0.5, 0.6) is 11.5 Å². The van der Waals surface area contributed by atoms with E-state index in [4.69, 9.17) is 52.1 Å². The molecular weight excluding hydrogens is 1300 g/mol. The van der Waals surface area contributed by atoms with Crippen molar-refractivity contribution in [2.45, 2.75) is 137 Å². The summed E-state index contributed by atoms with van der Waals surface area (Å²) in [5, 5.41) is -0.171. The van der Waals surface area contributed by atoms with Crippen molar-refractivity contribution in [1.29, 1.82) is 0 Å². The molecule has 4 aliphatic heterocycles. The van der Waals surface area contributed by atoms with E-state index in [1.165, 1.54) is 22.3 Å². The first kappa shape index (κ1) is 67.6. The monoisotopic (exact) mass is 1380 g/mol. The molecule has 22 heteroatoms. The van der Waals surface area contributed by atoms with Crippen LogP contribution >= 0.6 is 23.2 Å². The van der Waals surface area contributed by atoms with Crippen LogP contribution in [0, 0.1) is 35.5 Å². The molecule has 2 aromatic heterocycles. The fourth-order valence-electron chi connectivity index (χ4n) is 16.7. The molecule has 0 unspecified atom stereocenters. The van der Waals surface area contributed by atoms with E-state index in [2.05, 4.69) is 65.6 Å². The van der Waals surface area contributed by atoms with Gasteiger partial charge >= 0.3 is 0 Å². The van der Waals surface area contributed by atoms with Crippen LogP contribution in [0.25, 0.3) is 0 Å². The van der Waals surface area contributed by atoms with E-state index < -0.39 is 53.6 Å². The summed E-state index contributed by atoms with van der Waals surface area (Å²) in [6.45, 7) is 10.8. The smallest absolute Gasteiger partial charge is 0.264 e. The molecule has 4 aromatic carbocycles. The number of hydrogen-bond acceptors (Lipinski definition) is 16. The Balaban J connectivity index is 0.000000174. The minimum absolute atomic E-state index is 0.0901. The summed E-state index contributed by atoms with van der Waals surface area (Å²) >= 11 is 12.9. The maximum absolute atomic E-state index is 13.5. The van der Waals surface area contributed by atoms with Crippen molar-refractivity contribution in [3.05, 3.63) is 189 Å². The number of ether oxygens (including phenoxy) is 4. The molecule has 12 atom stereocenters. The standard InChI is InChI=1S/2C37H43ClN4O5S/c2*1-24-6-4-15-37(46-3,34-20-39-16-17-40-34)31-11-8-28(31)21-42-22-36(14-5-7-26-18-29(38)10-12-30(26)36)23-47-33-13-9-27(19-32(33)42)35(43)41-48(44,45)25(24)2/h2*4,9-10,12-13,15-20,24-25,28,31H,5-8,11,14,21-23H2,1-3H3,(H,41,43)/b2*15-4+/t24-,25+,28-,31+,36-,37+;24-,25+,28-,31+,36-,37-/m00/s1. The summed E-state index contributed by atoms with van der Waals surface area (Å²) in [7, 11) is -4.51. The van der Waals surface area contributed by atoms with E-state index in [1.807, 2.05) is 50.3 Å². The first-order valence-electron chi connectivity index (χ1n) is 33.8. The molecular formula is C74H86Cl2N8O10S2. The van der Waals surface area contributed by atoms with E-state index >= 15 is 0 Å². The van der Waals surface area contributed by atoms with Gasteiger partial charge in [-0.25, -0.2) is 26.3 Å². The number of rotatable bonds is 4. The highest BCUT2D eigenvalue weighted by Gasteiger charge is 2.53. The SMILES string of the molecule is CO[C@@]1(c2cnccn2)/C=C/C[C@H](C)[C@@H](C)S(=O)(=O)NC(=O)c2ccc3c(c2)N(C[C@@H]2CC[C@H]21)C[C@@]1(CCCc2cc(Cl)ccc21)CO3.CO[C@]1(c2cnccn2)/C=C/C[C@H](C)[C@@H](C)S(=O)(=O)NC(=O)c2ccc3c(c2)N(C[C@@H]2CC[C@H]21)C[C@@]1(CCCc2cc(Cl)ccc21)CO3. The highest BCUT2D eigenvalue weighted by molar-refractivity contribution is 7.91. The van der Waals surface area contributed by atoms with Gasteiger partial charge in [-0.1, -0.05) is 73.5 Å². The van der Waals surface area contributed by atoms with E-state index in [0.29, 0.717) is 63.7 Å². The van der Waals surface area contributed by atoms with E-state index in [1.54, 1.807) is 89.5 Å². The maximum Gasteiger partial charge on any atom is 0.264 e. The number of methoxy groups -OCH3 is 2. The third-order valence-electron chi connectivity index (χ3n) is 22.8. The molecule has 2 saturated carbocycles. The van der Waals surface area contributed by atoms with Gasteiger partial charge in [-0.3, -0.25) is 29.5 Å². The van der Waals surface area contributed by atoms with Gasteiger partial charge in [0, 0.05) is 109 Å². The number of carbonyl (C=O) groups excluding carboxylic acids is 2. The molecule has 0 saturated heterocycles. The lowest BCUT2D eigenvalue weighted by atomic mass is 9.63. The number of nitrogens with zero attached hydrogens (tertiary/aromatic N) is 6. The zero-order valence-corrected chi connectivity index (χ0v) is 58.5. The largest absolute Gasteiger partial charge is 0.490 e. The number of anilines is 2. The molecule has 2 spiro atoms. The molecule has 4 aliphatic carbocycles. The molecule has 0 radical (unpaired) electrons. The van der Waals surface area contributed by atoms with Gasteiger partial charge < -0.3 is 28.7 Å². The topological polar surface area (TPSA) is 221 Å². The Bertz CT molecular complexity index is 3940. The van der Waals surface area contributed by atoms with Gasteiger partial charge in [0.05, 0.1) is 58.9 Å². The molecule has 6 aromatic rings. The summed E-state index contributed by atoms with van der Waals surface area (Å²) in [5.74, 6) is 0.181. The number of fused-ring (bicyclic) bond motifs is 8. The van der Waals surface area contributed by atoms with Crippen molar-refractivity contribution in [2.75, 3.05) is 63.4 Å².